The van der Waals surface area contributed by atoms with Crippen molar-refractivity contribution in [2.75, 3.05) is 6.54 Å². The number of hydrogen-bond donors (Lipinski definition) is 1. The maximum atomic E-state index is 13.1. The zero-order valence-electron chi connectivity index (χ0n) is 14.5. The van der Waals surface area contributed by atoms with Crippen molar-refractivity contribution in [3.63, 3.8) is 0 Å². The molecule has 7 heteroatoms. The average molecular weight is 359 g/mol. The van der Waals surface area contributed by atoms with Gasteiger partial charge in [-0.05, 0) is 23.8 Å². The molecule has 0 spiro atoms. The Morgan fingerprint density at radius 2 is 2.19 bits per heavy atom. The second-order valence-corrected chi connectivity index (χ2v) is 6.54. The quantitative estimate of drug-likeness (QED) is 0.608. The van der Waals surface area contributed by atoms with Crippen LogP contribution in [0, 0.1) is 0 Å². The first-order chi connectivity index (χ1) is 13.3. The standard InChI is InChI=1S/C20H17N5O2/c26-18(10-17-24-14-5-1-2-6-16(14)27-17)25-9-7-15-19(23-12-22-15)20(25)13-4-3-8-21-11-13/h1-6,8,11-12,20H,7,9-10H2,(H,22,23). The Morgan fingerprint density at radius 1 is 1.26 bits per heavy atom. The van der Waals surface area contributed by atoms with Crippen LogP contribution in [0.15, 0.2) is 59.5 Å². The molecule has 134 valence electrons. The number of para-hydroxylation sites is 2. The molecule has 1 N–H and O–H groups in total. The lowest BCUT2D eigenvalue weighted by molar-refractivity contribution is -0.133. The Bertz CT molecular complexity index is 1070. The van der Waals surface area contributed by atoms with Gasteiger partial charge in [-0.3, -0.25) is 9.78 Å². The van der Waals surface area contributed by atoms with Crippen LogP contribution in [0.3, 0.4) is 0 Å². The molecule has 0 fully saturated rings. The van der Waals surface area contributed by atoms with Crippen molar-refractivity contribution in [1.82, 2.24) is 24.8 Å². The molecule has 3 aromatic heterocycles. The Hall–Kier alpha value is -3.48. The zero-order chi connectivity index (χ0) is 18.2. The van der Waals surface area contributed by atoms with E-state index in [1.165, 1.54) is 0 Å². The van der Waals surface area contributed by atoms with Gasteiger partial charge in [0.05, 0.1) is 12.0 Å². The molecular formula is C20H17N5O2. The van der Waals surface area contributed by atoms with Crippen LogP contribution < -0.4 is 0 Å². The fourth-order valence-electron chi connectivity index (χ4n) is 3.65. The van der Waals surface area contributed by atoms with Gasteiger partial charge in [0.2, 0.25) is 11.8 Å². The molecule has 1 aliphatic heterocycles. The number of pyridine rings is 1. The highest BCUT2D eigenvalue weighted by atomic mass is 16.3. The molecule has 0 saturated heterocycles. The number of fused-ring (bicyclic) bond motifs is 2. The van der Waals surface area contributed by atoms with Crippen molar-refractivity contribution in [1.29, 1.82) is 0 Å². The SMILES string of the molecule is O=C(Cc1nc2ccccc2o1)N1CCc2[nH]cnc2C1c1cccnc1. The van der Waals surface area contributed by atoms with Crippen LogP contribution in [0.1, 0.15) is 28.9 Å². The number of oxazole rings is 1. The van der Waals surface area contributed by atoms with E-state index in [0.717, 1.165) is 28.9 Å². The summed E-state index contributed by atoms with van der Waals surface area (Å²) in [5.41, 5.74) is 4.33. The first kappa shape index (κ1) is 15.7. The average Bonchev–Trinajstić information content (AvgIpc) is 3.33. The fourth-order valence-corrected chi connectivity index (χ4v) is 3.65. The van der Waals surface area contributed by atoms with Gasteiger partial charge in [0.1, 0.15) is 18.0 Å². The number of nitrogens with one attached hydrogen (secondary N) is 1. The van der Waals surface area contributed by atoms with Crippen LogP contribution in [0.4, 0.5) is 0 Å². The molecule has 4 heterocycles. The summed E-state index contributed by atoms with van der Waals surface area (Å²) in [7, 11) is 0. The number of nitrogens with zero attached hydrogens (tertiary/aromatic N) is 4. The number of amides is 1. The summed E-state index contributed by atoms with van der Waals surface area (Å²) < 4.78 is 5.73. The van der Waals surface area contributed by atoms with Crippen molar-refractivity contribution >= 4 is 17.0 Å². The van der Waals surface area contributed by atoms with Gasteiger partial charge in [0.25, 0.3) is 0 Å². The normalized spacial score (nSPS) is 16.4. The largest absolute Gasteiger partial charge is 0.440 e. The molecule has 1 amide bonds. The molecule has 1 unspecified atom stereocenters. The molecule has 0 saturated carbocycles. The van der Waals surface area contributed by atoms with Crippen molar-refractivity contribution in [3.8, 4) is 0 Å². The number of aromatic nitrogens is 4. The second kappa shape index (κ2) is 6.35. The number of benzene rings is 1. The smallest absolute Gasteiger partial charge is 0.232 e. The fraction of sp³-hybridized carbons (Fsp3) is 0.200. The van der Waals surface area contributed by atoms with Crippen molar-refractivity contribution in [2.45, 2.75) is 18.9 Å². The predicted octanol–water partition coefficient (Wildman–Crippen LogP) is 2.66. The summed E-state index contributed by atoms with van der Waals surface area (Å²) in [4.78, 5) is 31.3. The van der Waals surface area contributed by atoms with Gasteiger partial charge >= 0.3 is 0 Å². The third-order valence-corrected chi connectivity index (χ3v) is 4.89. The zero-order valence-corrected chi connectivity index (χ0v) is 14.5. The minimum atomic E-state index is -0.259. The van der Waals surface area contributed by atoms with Crippen LogP contribution in [0.5, 0.6) is 0 Å². The summed E-state index contributed by atoms with van der Waals surface area (Å²) in [5.74, 6) is 0.392. The van der Waals surface area contributed by atoms with Crippen LogP contribution in [-0.4, -0.2) is 37.3 Å². The van der Waals surface area contributed by atoms with E-state index in [0.29, 0.717) is 18.0 Å². The lowest BCUT2D eigenvalue weighted by Crippen LogP contribution is -2.41. The van der Waals surface area contributed by atoms with Crippen LogP contribution in [-0.2, 0) is 17.6 Å². The molecule has 5 rings (SSSR count). The number of carbonyl (C=O) groups excluding carboxylic acids is 1. The van der Waals surface area contributed by atoms with Gasteiger partial charge in [-0.25, -0.2) is 9.97 Å². The molecule has 0 aliphatic carbocycles. The van der Waals surface area contributed by atoms with E-state index in [9.17, 15) is 4.79 Å². The van der Waals surface area contributed by atoms with E-state index in [2.05, 4.69) is 19.9 Å². The van der Waals surface area contributed by atoms with Gasteiger partial charge in [-0.2, -0.15) is 0 Å². The van der Waals surface area contributed by atoms with Crippen LogP contribution in [0.2, 0.25) is 0 Å². The molecule has 27 heavy (non-hydrogen) atoms. The van der Waals surface area contributed by atoms with E-state index >= 15 is 0 Å². The summed E-state index contributed by atoms with van der Waals surface area (Å²) >= 11 is 0. The van der Waals surface area contributed by atoms with Crippen molar-refractivity contribution in [3.05, 3.63) is 78.0 Å². The topological polar surface area (TPSA) is 87.9 Å². The Labute approximate surface area is 155 Å². The molecule has 1 aromatic carbocycles. The van der Waals surface area contributed by atoms with E-state index in [1.54, 1.807) is 18.7 Å². The van der Waals surface area contributed by atoms with E-state index < -0.39 is 0 Å². The van der Waals surface area contributed by atoms with Crippen molar-refractivity contribution in [2.24, 2.45) is 0 Å². The Morgan fingerprint density at radius 3 is 3.04 bits per heavy atom. The van der Waals surface area contributed by atoms with Gasteiger partial charge < -0.3 is 14.3 Å². The second-order valence-electron chi connectivity index (χ2n) is 6.54. The third kappa shape index (κ3) is 2.77. The molecule has 1 aliphatic rings. The third-order valence-electron chi connectivity index (χ3n) is 4.89. The number of imidazole rings is 1. The highest BCUT2D eigenvalue weighted by Gasteiger charge is 2.34. The number of aromatic amines is 1. The first-order valence-electron chi connectivity index (χ1n) is 8.85. The van der Waals surface area contributed by atoms with Gasteiger partial charge in [0.15, 0.2) is 5.58 Å². The maximum Gasteiger partial charge on any atom is 0.232 e. The van der Waals surface area contributed by atoms with Gasteiger partial charge in [0, 0.05) is 31.1 Å². The molecule has 7 nitrogen and oxygen atoms in total. The Kier molecular flexibility index (Phi) is 3.71. The molecule has 4 aromatic rings. The summed E-state index contributed by atoms with van der Waals surface area (Å²) in [6.07, 6.45) is 6.05. The summed E-state index contributed by atoms with van der Waals surface area (Å²) in [6.45, 7) is 0.605. The minimum absolute atomic E-state index is 0.0379. The molecule has 0 bridgehead atoms. The number of hydrogen-bond acceptors (Lipinski definition) is 5. The van der Waals surface area contributed by atoms with Crippen LogP contribution >= 0.6 is 0 Å². The van der Waals surface area contributed by atoms with Gasteiger partial charge in [-0.15, -0.1) is 0 Å². The number of H-pyrrole nitrogens is 1. The number of rotatable bonds is 3. The maximum absolute atomic E-state index is 13.1. The summed E-state index contributed by atoms with van der Waals surface area (Å²) in [5, 5.41) is 0. The highest BCUT2D eigenvalue weighted by Crippen LogP contribution is 2.33. The van der Waals surface area contributed by atoms with Crippen molar-refractivity contribution < 1.29 is 9.21 Å². The minimum Gasteiger partial charge on any atom is -0.440 e. The lowest BCUT2D eigenvalue weighted by Gasteiger charge is -2.35. The predicted molar refractivity (Wildman–Crippen MR) is 97.8 cm³/mol. The highest BCUT2D eigenvalue weighted by molar-refractivity contribution is 5.80. The molecular weight excluding hydrogens is 342 g/mol. The molecule has 0 radical (unpaired) electrons. The lowest BCUT2D eigenvalue weighted by atomic mass is 9.96. The first-order valence-corrected chi connectivity index (χ1v) is 8.85. The van der Waals surface area contributed by atoms with Crippen LogP contribution in [0.25, 0.3) is 11.1 Å². The molecule has 1 atom stereocenters. The van der Waals surface area contributed by atoms with Gasteiger partial charge in [-0.1, -0.05) is 18.2 Å². The van der Waals surface area contributed by atoms with E-state index in [-0.39, 0.29) is 18.4 Å². The number of carbonyl (C=O) groups is 1. The summed E-state index contributed by atoms with van der Waals surface area (Å²) in [6, 6.07) is 11.1. The van der Waals surface area contributed by atoms with E-state index in [1.807, 2.05) is 41.3 Å². The Balaban J connectivity index is 1.48. The van der Waals surface area contributed by atoms with E-state index in [4.69, 9.17) is 4.42 Å². The monoisotopic (exact) mass is 359 g/mol.